The van der Waals surface area contributed by atoms with E-state index in [2.05, 4.69) is 12.2 Å². The van der Waals surface area contributed by atoms with Crippen LogP contribution < -0.4 is 0 Å². The predicted octanol–water partition coefficient (Wildman–Crippen LogP) is 1.26. The van der Waals surface area contributed by atoms with Crippen LogP contribution in [0.1, 0.15) is 25.7 Å². The van der Waals surface area contributed by atoms with E-state index in [9.17, 15) is 0 Å². The second kappa shape index (κ2) is 3.15. The van der Waals surface area contributed by atoms with Crippen LogP contribution in [0.25, 0.3) is 0 Å². The van der Waals surface area contributed by atoms with Gasteiger partial charge in [-0.2, -0.15) is 0 Å². The Morgan fingerprint density at radius 3 is 2.82 bits per heavy atom. The average Bonchev–Trinajstić information content (AvgIpc) is 2.47. The Kier molecular flexibility index (Phi) is 2.19. The molecule has 2 rings (SSSR count). The van der Waals surface area contributed by atoms with Crippen molar-refractivity contribution in [1.29, 1.82) is 0 Å². The summed E-state index contributed by atoms with van der Waals surface area (Å²) < 4.78 is 5.44. The second-order valence-electron chi connectivity index (χ2n) is 3.11. The summed E-state index contributed by atoms with van der Waals surface area (Å²) in [7, 11) is 0. The Morgan fingerprint density at radius 2 is 2.00 bits per heavy atom. The van der Waals surface area contributed by atoms with Gasteiger partial charge in [-0.1, -0.05) is 0 Å². The molecule has 59 valence electrons. The molecule has 0 amide bonds. The molecule has 0 saturated carbocycles. The Labute approximate surface area is 76.1 Å². The third-order valence-corrected chi connectivity index (χ3v) is 3.39. The summed E-state index contributed by atoms with van der Waals surface area (Å²) in [6.07, 6.45) is 10.8. The third-order valence-electron chi connectivity index (χ3n) is 2.46. The molecule has 1 nitrogen and oxygen atoms in total. The average molecular weight is 210 g/mol. The maximum absolute atomic E-state index is 5.44. The zero-order chi connectivity index (χ0) is 7.68. The molecule has 0 aromatic carbocycles. The van der Waals surface area contributed by atoms with Crippen molar-refractivity contribution < 1.29 is 3.76 Å². The number of hydrogen-bond acceptors (Lipinski definition) is 1. The van der Waals surface area contributed by atoms with Crippen molar-refractivity contribution in [3.63, 3.8) is 0 Å². The molecule has 0 aromatic rings. The van der Waals surface area contributed by atoms with Gasteiger partial charge in [0.15, 0.2) is 0 Å². The molecule has 11 heavy (non-hydrogen) atoms. The van der Waals surface area contributed by atoms with Crippen molar-refractivity contribution in [2.24, 2.45) is 0 Å². The molecule has 0 N–H and O–H groups in total. The SMILES string of the molecule is [GeH3][O][C]1C=CC2=C1CCCC2. The van der Waals surface area contributed by atoms with Crippen LogP contribution in [0.15, 0.2) is 23.3 Å². The molecule has 1 radical (unpaired) electrons. The molecule has 0 atom stereocenters. The van der Waals surface area contributed by atoms with Gasteiger partial charge < -0.3 is 0 Å². The minimum atomic E-state index is 0.493. The maximum atomic E-state index is 5.44. The molecule has 0 spiro atoms. The first-order chi connectivity index (χ1) is 5.42. The fraction of sp³-hybridized carbons (Fsp3) is 0.444. The zero-order valence-electron chi connectivity index (χ0n) is 6.89. The Balaban J connectivity index is 2.21. The third kappa shape index (κ3) is 1.32. The molecule has 2 aliphatic carbocycles. The van der Waals surface area contributed by atoms with E-state index in [4.69, 9.17) is 3.76 Å². The van der Waals surface area contributed by atoms with Crippen molar-refractivity contribution in [3.05, 3.63) is 29.4 Å². The molecule has 0 aliphatic heterocycles. The molecule has 0 fully saturated rings. The van der Waals surface area contributed by atoms with E-state index >= 15 is 0 Å². The quantitative estimate of drug-likeness (QED) is 0.591. The number of hydrogen-bond donors (Lipinski definition) is 0. The Morgan fingerprint density at radius 1 is 1.18 bits per heavy atom. The van der Waals surface area contributed by atoms with Gasteiger partial charge in [-0.15, -0.1) is 0 Å². The standard InChI is InChI=1S/C9H13GeO/c10-11-9-6-5-7-3-1-2-4-8(7)9/h5-6H,1-4H2,10H3. The monoisotopic (exact) mass is 211 g/mol. The fourth-order valence-corrected chi connectivity index (χ4v) is 2.66. The van der Waals surface area contributed by atoms with E-state index in [0.29, 0.717) is 16.9 Å². The summed E-state index contributed by atoms with van der Waals surface area (Å²) in [5.41, 5.74) is 3.04. The van der Waals surface area contributed by atoms with Crippen LogP contribution in [-0.4, -0.2) is 16.9 Å². The molecule has 2 aliphatic rings. The molecular weight excluding hydrogens is 197 g/mol. The minimum absolute atomic E-state index is 0.493. The van der Waals surface area contributed by atoms with Gasteiger partial charge in [-0.25, -0.2) is 0 Å². The van der Waals surface area contributed by atoms with Crippen LogP contribution in [0.2, 0.25) is 0 Å². The summed E-state index contributed by atoms with van der Waals surface area (Å²) >= 11 is 0.493. The summed E-state index contributed by atoms with van der Waals surface area (Å²) in [6.45, 7) is 0. The second-order valence-corrected chi connectivity index (χ2v) is 3.97. The van der Waals surface area contributed by atoms with Crippen LogP contribution in [0.5, 0.6) is 0 Å². The molecule has 0 bridgehead atoms. The molecule has 0 heterocycles. The van der Waals surface area contributed by atoms with Crippen LogP contribution in [0.4, 0.5) is 0 Å². The first-order valence-electron chi connectivity index (χ1n) is 4.23. The van der Waals surface area contributed by atoms with Gasteiger partial charge in [0.25, 0.3) is 0 Å². The predicted molar refractivity (Wildman–Crippen MR) is 48.9 cm³/mol. The van der Waals surface area contributed by atoms with Gasteiger partial charge in [0, 0.05) is 0 Å². The van der Waals surface area contributed by atoms with E-state index in [1.165, 1.54) is 42.9 Å². The van der Waals surface area contributed by atoms with Crippen LogP contribution >= 0.6 is 0 Å². The van der Waals surface area contributed by atoms with Gasteiger partial charge >= 0.3 is 75.7 Å². The topological polar surface area (TPSA) is 9.23 Å². The molecular formula is C9H13GeO. The van der Waals surface area contributed by atoms with E-state index < -0.39 is 0 Å². The van der Waals surface area contributed by atoms with E-state index in [1.54, 1.807) is 0 Å². The van der Waals surface area contributed by atoms with Gasteiger partial charge in [0.05, 0.1) is 0 Å². The fourth-order valence-electron chi connectivity index (χ4n) is 1.86. The first-order valence-corrected chi connectivity index (χ1v) is 5.94. The van der Waals surface area contributed by atoms with Gasteiger partial charge in [0.1, 0.15) is 0 Å². The van der Waals surface area contributed by atoms with Crippen molar-refractivity contribution in [3.8, 4) is 0 Å². The summed E-state index contributed by atoms with van der Waals surface area (Å²) in [4.78, 5) is 0. The summed E-state index contributed by atoms with van der Waals surface area (Å²) in [6, 6.07) is 0. The number of allylic oxidation sites excluding steroid dienone is 2. The molecule has 0 unspecified atom stereocenters. The summed E-state index contributed by atoms with van der Waals surface area (Å²) in [5.74, 6) is 0. The molecule has 2 heteroatoms. The van der Waals surface area contributed by atoms with Gasteiger partial charge in [-0.3, -0.25) is 0 Å². The Bertz CT molecular complexity index is 218. The van der Waals surface area contributed by atoms with Gasteiger partial charge in [0.2, 0.25) is 0 Å². The van der Waals surface area contributed by atoms with Crippen molar-refractivity contribution in [2.45, 2.75) is 25.7 Å². The molecule has 0 aromatic heterocycles. The normalized spacial score (nSPS) is 24.7. The van der Waals surface area contributed by atoms with Crippen LogP contribution in [-0.2, 0) is 3.76 Å². The van der Waals surface area contributed by atoms with Crippen molar-refractivity contribution >= 4 is 16.9 Å². The zero-order valence-corrected chi connectivity index (χ0v) is 11.1. The van der Waals surface area contributed by atoms with Crippen LogP contribution in [0, 0.1) is 6.10 Å². The van der Waals surface area contributed by atoms with Crippen molar-refractivity contribution in [1.82, 2.24) is 0 Å². The van der Waals surface area contributed by atoms with Gasteiger partial charge in [-0.05, 0) is 0 Å². The Hall–Kier alpha value is -0.0171. The van der Waals surface area contributed by atoms with E-state index in [0.717, 1.165) is 0 Å². The first kappa shape index (κ1) is 7.62. The van der Waals surface area contributed by atoms with Crippen molar-refractivity contribution in [2.75, 3.05) is 0 Å². The van der Waals surface area contributed by atoms with Crippen LogP contribution in [0.3, 0.4) is 0 Å². The van der Waals surface area contributed by atoms with E-state index in [-0.39, 0.29) is 0 Å². The summed E-state index contributed by atoms with van der Waals surface area (Å²) in [5, 5.41) is 0. The van der Waals surface area contributed by atoms with E-state index in [1.807, 2.05) is 0 Å². The number of rotatable bonds is 1. The molecule has 0 saturated heterocycles.